The van der Waals surface area contributed by atoms with Gasteiger partial charge in [0.2, 0.25) is 0 Å². The zero-order valence-corrected chi connectivity index (χ0v) is 6.77. The Labute approximate surface area is 62.5 Å². The zero-order chi connectivity index (χ0) is 8.20. The molecule has 0 aromatic heterocycles. The van der Waals surface area contributed by atoms with E-state index in [2.05, 4.69) is 6.58 Å². The van der Waals surface area contributed by atoms with Crippen LogP contribution in [0.25, 0.3) is 0 Å². The average molecular weight is 182 g/mol. The van der Waals surface area contributed by atoms with Gasteiger partial charge in [-0.2, -0.15) is 0 Å². The van der Waals surface area contributed by atoms with Gasteiger partial charge in [0.25, 0.3) is 0 Å². The van der Waals surface area contributed by atoms with Gasteiger partial charge in [0.05, 0.1) is 0 Å². The van der Waals surface area contributed by atoms with Gasteiger partial charge >= 0.3 is 12.5 Å². The molecule has 0 saturated heterocycles. The summed E-state index contributed by atoms with van der Waals surface area (Å²) in [4.78, 5) is 25.7. The second-order valence-electron chi connectivity index (χ2n) is 1.41. The maximum absolute atomic E-state index is 10.4. The van der Waals surface area contributed by atoms with Crippen molar-refractivity contribution in [2.75, 3.05) is 5.75 Å². The molecule has 0 atom stereocenters. The van der Waals surface area contributed by atoms with E-state index in [9.17, 15) is 9.36 Å². The van der Waals surface area contributed by atoms with Crippen LogP contribution in [0, 0.1) is 0 Å². The first kappa shape index (κ1) is 9.91. The first-order valence-electron chi connectivity index (χ1n) is 2.32. The highest BCUT2D eigenvalue weighted by molar-refractivity contribution is 8.24. The molecule has 0 fully saturated rings. The maximum Gasteiger partial charge on any atom is 0.402 e. The molecule has 0 unspecified atom stereocenters. The highest BCUT2D eigenvalue weighted by Crippen LogP contribution is 2.41. The third-order valence-corrected chi connectivity index (χ3v) is 2.79. The minimum absolute atomic E-state index is 0.226. The molecule has 0 amide bonds. The summed E-state index contributed by atoms with van der Waals surface area (Å²) >= 11 is 0.563. The molecule has 0 aromatic rings. The zero-order valence-electron chi connectivity index (χ0n) is 5.06. The molecule has 10 heavy (non-hydrogen) atoms. The highest BCUT2D eigenvalue weighted by Gasteiger charge is 2.24. The predicted molar refractivity (Wildman–Crippen MR) is 40.1 cm³/mol. The van der Waals surface area contributed by atoms with Crippen molar-refractivity contribution in [3.63, 3.8) is 0 Å². The Kier molecular flexibility index (Phi) is 3.89. The van der Waals surface area contributed by atoms with Crippen LogP contribution in [-0.2, 0) is 4.57 Å². The summed E-state index contributed by atoms with van der Waals surface area (Å²) in [5.41, 5.74) is 0. The summed E-state index contributed by atoms with van der Waals surface area (Å²) in [6, 6.07) is 0. The van der Waals surface area contributed by atoms with Crippen molar-refractivity contribution in [2.45, 2.75) is 0 Å². The van der Waals surface area contributed by atoms with Gasteiger partial charge in [-0.3, -0.25) is 9.36 Å². The minimum Gasteiger partial charge on any atom is -0.318 e. The van der Waals surface area contributed by atoms with E-state index in [1.54, 1.807) is 0 Å². The number of hydrogen-bond donors (Lipinski definition) is 2. The molecule has 0 aliphatic carbocycles. The molecule has 0 spiro atoms. The van der Waals surface area contributed by atoms with E-state index in [4.69, 9.17) is 9.79 Å². The molecule has 4 nitrogen and oxygen atoms in total. The van der Waals surface area contributed by atoms with Crippen LogP contribution in [0.2, 0.25) is 0 Å². The molecule has 58 valence electrons. The van der Waals surface area contributed by atoms with Gasteiger partial charge in [-0.05, 0) is 0 Å². The Morgan fingerprint density at radius 3 is 2.50 bits per heavy atom. The summed E-state index contributed by atoms with van der Waals surface area (Å²) in [5.74, 6) is 0.226. The van der Waals surface area contributed by atoms with E-state index >= 15 is 0 Å². The Balaban J connectivity index is 3.87. The van der Waals surface area contributed by atoms with Crippen LogP contribution in [0.5, 0.6) is 0 Å². The summed E-state index contributed by atoms with van der Waals surface area (Å²) in [6.07, 6.45) is 1.40. The number of carbonyl (C=O) groups is 1. The Hall–Kier alpha value is -0.0900. The van der Waals surface area contributed by atoms with E-state index in [-0.39, 0.29) is 5.75 Å². The quantitative estimate of drug-likeness (QED) is 0.506. The fourth-order valence-corrected chi connectivity index (χ4v) is 1.37. The highest BCUT2D eigenvalue weighted by atomic mass is 32.2. The molecule has 0 aromatic carbocycles. The Bertz CT molecular complexity index is 184. The van der Waals surface area contributed by atoms with Crippen molar-refractivity contribution in [1.29, 1.82) is 0 Å². The van der Waals surface area contributed by atoms with Gasteiger partial charge in [0.1, 0.15) is 0 Å². The van der Waals surface area contributed by atoms with E-state index in [1.165, 1.54) is 6.08 Å². The number of hydrogen-bond acceptors (Lipinski definition) is 3. The third-order valence-electron chi connectivity index (χ3n) is 0.562. The lowest BCUT2D eigenvalue weighted by atomic mass is 10.8. The van der Waals surface area contributed by atoms with Crippen molar-refractivity contribution in [1.82, 2.24) is 0 Å². The minimum atomic E-state index is -4.51. The van der Waals surface area contributed by atoms with Crippen molar-refractivity contribution < 1.29 is 19.1 Å². The van der Waals surface area contributed by atoms with Crippen LogP contribution in [0.1, 0.15) is 0 Å². The second-order valence-corrected chi connectivity index (χ2v) is 4.20. The lowest BCUT2D eigenvalue weighted by Crippen LogP contribution is -1.90. The number of thioether (sulfide) groups is 1. The topological polar surface area (TPSA) is 74.6 Å². The molecule has 0 aliphatic heterocycles. The molecule has 0 heterocycles. The summed E-state index contributed by atoms with van der Waals surface area (Å²) < 4.78 is 10.1. The molecular formula is C4H7O4PS. The van der Waals surface area contributed by atoms with Crippen LogP contribution in [0.15, 0.2) is 12.7 Å². The second kappa shape index (κ2) is 3.93. The van der Waals surface area contributed by atoms with Gasteiger partial charge in [-0.15, -0.1) is 6.58 Å². The van der Waals surface area contributed by atoms with E-state index < -0.39 is 12.5 Å². The molecule has 6 heteroatoms. The molecule has 0 aliphatic rings. The first-order chi connectivity index (χ1) is 4.48. The molecule has 0 bridgehead atoms. The van der Waals surface area contributed by atoms with Gasteiger partial charge in [0.15, 0.2) is 0 Å². The summed E-state index contributed by atoms with van der Waals surface area (Å²) in [6.45, 7) is 3.29. The summed E-state index contributed by atoms with van der Waals surface area (Å²) in [7, 11) is -4.51. The largest absolute Gasteiger partial charge is 0.402 e. The lowest BCUT2D eigenvalue weighted by molar-refractivity contribution is 0.266. The normalized spacial score (nSPS) is 11.0. The van der Waals surface area contributed by atoms with E-state index in [0.717, 1.165) is 0 Å². The molecular weight excluding hydrogens is 175 g/mol. The van der Waals surface area contributed by atoms with Crippen molar-refractivity contribution in [3.8, 4) is 0 Å². The summed E-state index contributed by atoms with van der Waals surface area (Å²) in [5, 5.41) is 0. The van der Waals surface area contributed by atoms with Crippen LogP contribution in [0.3, 0.4) is 0 Å². The first-order valence-corrected chi connectivity index (χ1v) is 4.92. The van der Waals surface area contributed by atoms with Crippen molar-refractivity contribution in [2.24, 2.45) is 0 Å². The van der Waals surface area contributed by atoms with Crippen LogP contribution >= 0.6 is 19.4 Å². The standard InChI is InChI=1S/C4H7O4PS/c1-2-3-10-4(5)9(6,7)8/h2H,1,3H2,(H2,6,7,8). The Morgan fingerprint density at radius 1 is 1.70 bits per heavy atom. The van der Waals surface area contributed by atoms with Gasteiger partial charge in [0, 0.05) is 5.75 Å². The number of rotatable bonds is 3. The monoisotopic (exact) mass is 182 g/mol. The van der Waals surface area contributed by atoms with Gasteiger partial charge < -0.3 is 9.79 Å². The number of carbonyl (C=O) groups excluding carboxylic acids is 1. The van der Waals surface area contributed by atoms with Crippen LogP contribution < -0.4 is 0 Å². The molecule has 2 N–H and O–H groups in total. The molecule has 0 radical (unpaired) electrons. The van der Waals surface area contributed by atoms with Crippen molar-refractivity contribution >= 4 is 24.2 Å². The molecule has 0 saturated carbocycles. The fourth-order valence-electron chi connectivity index (χ4n) is 0.214. The van der Waals surface area contributed by atoms with Crippen LogP contribution in [0.4, 0.5) is 4.79 Å². The van der Waals surface area contributed by atoms with E-state index in [0.29, 0.717) is 11.8 Å². The average Bonchev–Trinajstić information content (AvgIpc) is 1.80. The van der Waals surface area contributed by atoms with Crippen LogP contribution in [-0.4, -0.2) is 20.4 Å². The van der Waals surface area contributed by atoms with E-state index in [1.807, 2.05) is 0 Å². The predicted octanol–water partition coefficient (Wildman–Crippen LogP) is 1.20. The van der Waals surface area contributed by atoms with Crippen molar-refractivity contribution in [3.05, 3.63) is 12.7 Å². The maximum atomic E-state index is 10.4. The smallest absolute Gasteiger partial charge is 0.318 e. The lowest BCUT2D eigenvalue weighted by Gasteiger charge is -1.97. The Morgan fingerprint density at radius 2 is 2.20 bits per heavy atom. The third kappa shape index (κ3) is 3.85. The molecule has 0 rings (SSSR count). The van der Waals surface area contributed by atoms with Gasteiger partial charge in [-0.25, -0.2) is 0 Å². The fraction of sp³-hybridized carbons (Fsp3) is 0.250. The SMILES string of the molecule is C=CCSC(=O)P(=O)(O)O. The van der Waals surface area contributed by atoms with Gasteiger partial charge in [-0.1, -0.05) is 17.8 Å².